The summed E-state index contributed by atoms with van der Waals surface area (Å²) in [5, 5.41) is 5.57. The third kappa shape index (κ3) is 6.84. The molecule has 32 heavy (non-hydrogen) atoms. The van der Waals surface area contributed by atoms with Gasteiger partial charge >= 0.3 is 0 Å². The molecule has 3 rings (SSSR count). The second-order valence-electron chi connectivity index (χ2n) is 6.71. The smallest absolute Gasteiger partial charge is 0.253 e. The van der Waals surface area contributed by atoms with E-state index in [9.17, 15) is 14.4 Å². The summed E-state index contributed by atoms with van der Waals surface area (Å²) in [6, 6.07) is 16.1. The van der Waals surface area contributed by atoms with Gasteiger partial charge in [0, 0.05) is 18.0 Å². The third-order valence-electron chi connectivity index (χ3n) is 4.43. The van der Waals surface area contributed by atoms with E-state index < -0.39 is 11.9 Å². The fourth-order valence-corrected chi connectivity index (χ4v) is 2.84. The maximum Gasteiger partial charge on any atom is 0.253 e. The van der Waals surface area contributed by atoms with Crippen molar-refractivity contribution in [3.05, 3.63) is 93.9 Å². The lowest BCUT2D eigenvalue weighted by Crippen LogP contribution is -2.37. The van der Waals surface area contributed by atoms with E-state index in [1.165, 1.54) is 18.3 Å². The van der Waals surface area contributed by atoms with Gasteiger partial charge in [-0.3, -0.25) is 14.4 Å². The summed E-state index contributed by atoms with van der Waals surface area (Å²) in [6.07, 6.45) is 1.31. The average Bonchev–Trinajstić information content (AvgIpc) is 2.81. The van der Waals surface area contributed by atoms with E-state index in [0.717, 1.165) is 5.56 Å². The Labute approximate surface area is 187 Å². The van der Waals surface area contributed by atoms with Crippen LogP contribution in [0.1, 0.15) is 48.3 Å². The van der Waals surface area contributed by atoms with E-state index in [1.54, 1.807) is 36.4 Å². The Morgan fingerprint density at radius 2 is 1.62 bits per heavy atom. The van der Waals surface area contributed by atoms with Crippen molar-refractivity contribution in [3.8, 4) is 5.75 Å². The lowest BCUT2D eigenvalue weighted by molar-refractivity contribution is -0.118. The van der Waals surface area contributed by atoms with Crippen LogP contribution in [-0.2, 0) is 4.79 Å². The fourth-order valence-electron chi connectivity index (χ4n) is 2.84. The second-order valence-corrected chi connectivity index (χ2v) is 6.71. The summed E-state index contributed by atoms with van der Waals surface area (Å²) in [5.74, 6) is -0.198. The van der Waals surface area contributed by atoms with Gasteiger partial charge in [0.2, 0.25) is 5.56 Å². The minimum atomic E-state index is -0.943. The number of ether oxygens (including phenoxy) is 1. The van der Waals surface area contributed by atoms with Crippen LogP contribution in [0, 0.1) is 6.92 Å². The van der Waals surface area contributed by atoms with Gasteiger partial charge < -0.3 is 20.4 Å². The SMILES string of the molecule is CC.CCOc1ccc(C(NC(=O)c2ccc(=O)[nH]c2)C(=O)Nc2ccc(C)cc2)cc1. The first kappa shape index (κ1) is 24.4. The number of rotatable bonds is 7. The quantitative estimate of drug-likeness (QED) is 0.517. The number of carbonyl (C=O) groups is 2. The van der Waals surface area contributed by atoms with Crippen LogP contribution in [0.2, 0.25) is 0 Å². The summed E-state index contributed by atoms with van der Waals surface area (Å²) in [6.45, 7) is 8.37. The molecular weight excluding hydrogens is 406 g/mol. The van der Waals surface area contributed by atoms with E-state index in [0.29, 0.717) is 23.6 Å². The predicted octanol–water partition coefficient (Wildman–Crippen LogP) is 4.22. The molecule has 0 saturated carbocycles. The highest BCUT2D eigenvalue weighted by molar-refractivity contribution is 6.01. The van der Waals surface area contributed by atoms with Crippen LogP contribution >= 0.6 is 0 Å². The largest absolute Gasteiger partial charge is 0.494 e. The van der Waals surface area contributed by atoms with Gasteiger partial charge in [-0.2, -0.15) is 0 Å². The zero-order chi connectivity index (χ0) is 23.5. The number of aromatic amines is 1. The number of amides is 2. The van der Waals surface area contributed by atoms with Crippen molar-refractivity contribution in [2.45, 2.75) is 33.7 Å². The highest BCUT2D eigenvalue weighted by Crippen LogP contribution is 2.21. The number of carbonyl (C=O) groups excluding carboxylic acids is 2. The van der Waals surface area contributed by atoms with Crippen LogP contribution in [0.5, 0.6) is 5.75 Å². The summed E-state index contributed by atoms with van der Waals surface area (Å²) >= 11 is 0. The molecule has 0 spiro atoms. The molecule has 7 nitrogen and oxygen atoms in total. The standard InChI is InChI=1S/C23H23N3O4.C2H6/c1-3-30-19-11-6-16(7-12-19)21(23(29)25-18-9-4-15(2)5-10-18)26-22(28)17-8-13-20(27)24-14-17;1-2/h4-14,21H,3H2,1-2H3,(H,24,27)(H,25,29)(H,26,28);1-2H3. The molecule has 0 bridgehead atoms. The maximum atomic E-state index is 13.0. The summed E-state index contributed by atoms with van der Waals surface area (Å²) < 4.78 is 5.45. The van der Waals surface area contributed by atoms with Crippen LogP contribution in [0.3, 0.4) is 0 Å². The van der Waals surface area contributed by atoms with Crippen molar-refractivity contribution in [1.82, 2.24) is 10.3 Å². The molecule has 2 amide bonds. The Hall–Kier alpha value is -3.87. The lowest BCUT2D eigenvalue weighted by Gasteiger charge is -2.19. The van der Waals surface area contributed by atoms with Crippen molar-refractivity contribution in [1.29, 1.82) is 0 Å². The van der Waals surface area contributed by atoms with Gasteiger partial charge in [-0.15, -0.1) is 0 Å². The molecule has 7 heteroatoms. The van der Waals surface area contributed by atoms with Crippen molar-refractivity contribution in [2.75, 3.05) is 11.9 Å². The number of hydrogen-bond acceptors (Lipinski definition) is 4. The molecule has 3 N–H and O–H groups in total. The zero-order valence-corrected chi connectivity index (χ0v) is 18.8. The Morgan fingerprint density at radius 3 is 2.19 bits per heavy atom. The number of aromatic nitrogens is 1. The molecule has 1 atom stereocenters. The minimum absolute atomic E-state index is 0.244. The molecule has 1 aromatic heterocycles. The number of anilines is 1. The molecule has 0 saturated heterocycles. The first-order chi connectivity index (χ1) is 15.5. The molecule has 0 aliphatic carbocycles. The number of nitrogens with one attached hydrogen (secondary N) is 3. The first-order valence-corrected chi connectivity index (χ1v) is 10.6. The van der Waals surface area contributed by atoms with Crippen molar-refractivity contribution in [2.24, 2.45) is 0 Å². The number of pyridine rings is 1. The van der Waals surface area contributed by atoms with Gasteiger partial charge in [-0.1, -0.05) is 43.7 Å². The van der Waals surface area contributed by atoms with Gasteiger partial charge in [0.05, 0.1) is 12.2 Å². The predicted molar refractivity (Wildman–Crippen MR) is 126 cm³/mol. The van der Waals surface area contributed by atoms with Crippen LogP contribution in [0.4, 0.5) is 5.69 Å². The fraction of sp³-hybridized carbons (Fsp3) is 0.240. The molecule has 0 radical (unpaired) electrons. The van der Waals surface area contributed by atoms with E-state index >= 15 is 0 Å². The van der Waals surface area contributed by atoms with Gasteiger partial charge in [0.25, 0.3) is 11.8 Å². The monoisotopic (exact) mass is 435 g/mol. The summed E-state index contributed by atoms with van der Waals surface area (Å²) in [4.78, 5) is 39.4. The van der Waals surface area contributed by atoms with E-state index in [4.69, 9.17) is 4.74 Å². The Kier molecular flexibility index (Phi) is 9.22. The third-order valence-corrected chi connectivity index (χ3v) is 4.43. The summed E-state index contributed by atoms with van der Waals surface area (Å²) in [5.41, 5.74) is 2.23. The zero-order valence-electron chi connectivity index (χ0n) is 18.8. The Balaban J connectivity index is 0.00000176. The molecule has 168 valence electrons. The van der Waals surface area contributed by atoms with Crippen LogP contribution < -0.4 is 20.9 Å². The topological polar surface area (TPSA) is 100 Å². The first-order valence-electron chi connectivity index (χ1n) is 10.6. The lowest BCUT2D eigenvalue weighted by atomic mass is 10.0. The molecule has 0 fully saturated rings. The van der Waals surface area contributed by atoms with Gasteiger partial charge in [-0.25, -0.2) is 0 Å². The normalized spacial score (nSPS) is 10.9. The molecule has 1 unspecified atom stereocenters. The molecule has 2 aromatic carbocycles. The van der Waals surface area contributed by atoms with Crippen molar-refractivity contribution >= 4 is 17.5 Å². The Morgan fingerprint density at radius 1 is 0.969 bits per heavy atom. The number of aryl methyl sites for hydroxylation is 1. The maximum absolute atomic E-state index is 13.0. The number of H-pyrrole nitrogens is 1. The van der Waals surface area contributed by atoms with E-state index in [2.05, 4.69) is 15.6 Å². The number of hydrogen-bond donors (Lipinski definition) is 3. The number of benzene rings is 2. The van der Waals surface area contributed by atoms with E-state index in [-0.39, 0.29) is 17.0 Å². The van der Waals surface area contributed by atoms with Crippen LogP contribution in [0.15, 0.2) is 71.7 Å². The van der Waals surface area contributed by atoms with E-state index in [1.807, 2.05) is 39.8 Å². The second kappa shape index (κ2) is 12.1. The molecule has 0 aliphatic rings. The van der Waals surface area contributed by atoms with Gasteiger partial charge in [0.15, 0.2) is 0 Å². The van der Waals surface area contributed by atoms with Crippen LogP contribution in [-0.4, -0.2) is 23.4 Å². The van der Waals surface area contributed by atoms with Crippen molar-refractivity contribution in [3.63, 3.8) is 0 Å². The van der Waals surface area contributed by atoms with Gasteiger partial charge in [0.1, 0.15) is 11.8 Å². The molecule has 0 aliphatic heterocycles. The highest BCUT2D eigenvalue weighted by Gasteiger charge is 2.24. The van der Waals surface area contributed by atoms with Gasteiger partial charge in [-0.05, 0) is 49.7 Å². The minimum Gasteiger partial charge on any atom is -0.494 e. The Bertz CT molecular complexity index is 1050. The molecule has 3 aromatic rings. The highest BCUT2D eigenvalue weighted by atomic mass is 16.5. The average molecular weight is 436 g/mol. The molecule has 1 heterocycles. The van der Waals surface area contributed by atoms with Crippen LogP contribution in [0.25, 0.3) is 0 Å². The van der Waals surface area contributed by atoms with Crippen molar-refractivity contribution < 1.29 is 14.3 Å². The summed E-state index contributed by atoms with van der Waals surface area (Å²) in [7, 11) is 0. The molecular formula is C25H29N3O4.